The fraction of sp³-hybridized carbons (Fsp3) is 0.655. The predicted octanol–water partition coefficient (Wildman–Crippen LogP) is 1.03. The first-order chi connectivity index (χ1) is 20.2. The summed E-state index contributed by atoms with van der Waals surface area (Å²) < 4.78 is 15.2. The first-order valence-electron chi connectivity index (χ1n) is 14.4. The van der Waals surface area contributed by atoms with E-state index in [-0.39, 0.29) is 49.6 Å². The third kappa shape index (κ3) is 7.79. The van der Waals surface area contributed by atoms with Crippen LogP contribution in [0.5, 0.6) is 0 Å². The van der Waals surface area contributed by atoms with Crippen LogP contribution in [-0.4, -0.2) is 98.5 Å². The van der Waals surface area contributed by atoms with Crippen molar-refractivity contribution < 1.29 is 43.2 Å². The molecule has 0 bridgehead atoms. The minimum atomic E-state index is -0.766. The van der Waals surface area contributed by atoms with Gasteiger partial charge in [-0.15, -0.1) is 0 Å². The van der Waals surface area contributed by atoms with Crippen molar-refractivity contribution in [3.05, 3.63) is 35.0 Å². The van der Waals surface area contributed by atoms with Crippen LogP contribution >= 0.6 is 0 Å². The molecule has 4 N–H and O–H groups in total. The number of rotatable bonds is 8. The van der Waals surface area contributed by atoms with E-state index in [2.05, 4.69) is 10.3 Å². The van der Waals surface area contributed by atoms with Crippen LogP contribution in [0, 0.1) is 25.7 Å². The van der Waals surface area contributed by atoms with Gasteiger partial charge in [-0.2, -0.15) is 0 Å². The molecule has 0 aliphatic carbocycles. The van der Waals surface area contributed by atoms with Crippen molar-refractivity contribution in [1.82, 2.24) is 20.1 Å². The number of methoxy groups -OCH3 is 1. The van der Waals surface area contributed by atoms with Gasteiger partial charge >= 0.3 is 5.97 Å². The molecule has 0 aromatic carbocycles. The highest BCUT2D eigenvalue weighted by Gasteiger charge is 2.44. The number of nitrogens with two attached hydrogens (primary N) is 1. The first kappa shape index (κ1) is 33.7. The van der Waals surface area contributed by atoms with Gasteiger partial charge in [-0.25, -0.2) is 4.79 Å². The quantitative estimate of drug-likeness (QED) is 0.363. The predicted molar refractivity (Wildman–Crippen MR) is 151 cm³/mol. The SMILES string of the molecule is COC(=O)[C@@H]1C[C@@H](O)CN1C(=O)C(c1cc(C)no1)C(C)C.Cc1cc(C(C(=O)N2C[C@H](O)C[C@H]2C(N)=O)C(C)C)on1. The number of β-amino-alcohol motifs (C(OH)–C–C–N with tert-alkyl or cyclic N) is 2. The maximum atomic E-state index is 12.9. The molecule has 43 heavy (non-hydrogen) atoms. The molecule has 4 rings (SSSR count). The van der Waals surface area contributed by atoms with Crippen LogP contribution in [0.25, 0.3) is 0 Å². The number of esters is 1. The molecular weight excluding hydrogens is 562 g/mol. The molecule has 4 heterocycles. The normalized spacial score (nSPS) is 23.2. The number of carbonyl (C=O) groups excluding carboxylic acids is 4. The maximum absolute atomic E-state index is 12.9. The van der Waals surface area contributed by atoms with Gasteiger partial charge in [0, 0.05) is 38.1 Å². The topological polar surface area (TPSA) is 203 Å². The molecule has 2 aromatic heterocycles. The van der Waals surface area contributed by atoms with Crippen LogP contribution in [0.2, 0.25) is 0 Å². The molecule has 238 valence electrons. The van der Waals surface area contributed by atoms with Crippen LogP contribution in [-0.2, 0) is 23.9 Å². The third-order valence-corrected chi connectivity index (χ3v) is 7.70. The van der Waals surface area contributed by atoms with Gasteiger partial charge in [0.05, 0.1) is 30.7 Å². The van der Waals surface area contributed by atoms with E-state index in [0.717, 1.165) is 0 Å². The second-order valence-corrected chi connectivity index (χ2v) is 11.9. The summed E-state index contributed by atoms with van der Waals surface area (Å²) in [4.78, 5) is 51.7. The molecule has 0 spiro atoms. The summed E-state index contributed by atoms with van der Waals surface area (Å²) in [5, 5.41) is 27.2. The minimum absolute atomic E-state index is 0.0314. The zero-order chi connectivity index (χ0) is 32.2. The monoisotopic (exact) mass is 605 g/mol. The number of carbonyl (C=O) groups is 4. The van der Waals surface area contributed by atoms with Gasteiger partial charge in [-0.1, -0.05) is 38.0 Å². The summed E-state index contributed by atoms with van der Waals surface area (Å²) in [5.74, 6) is -1.83. The summed E-state index contributed by atoms with van der Waals surface area (Å²) >= 11 is 0. The second-order valence-electron chi connectivity index (χ2n) is 11.9. The molecule has 2 aliphatic heterocycles. The highest BCUT2D eigenvalue weighted by molar-refractivity contribution is 5.91. The summed E-state index contributed by atoms with van der Waals surface area (Å²) in [5.41, 5.74) is 6.71. The molecular formula is C29H43N5O9. The van der Waals surface area contributed by atoms with Gasteiger partial charge in [0.25, 0.3) is 0 Å². The Kier molecular flexibility index (Phi) is 11.1. The Balaban J connectivity index is 0.000000236. The Morgan fingerprint density at radius 3 is 1.56 bits per heavy atom. The lowest BCUT2D eigenvalue weighted by atomic mass is 9.91. The Hall–Kier alpha value is -3.78. The molecule has 6 atom stereocenters. The van der Waals surface area contributed by atoms with Crippen LogP contribution in [0.15, 0.2) is 21.2 Å². The molecule has 14 nitrogen and oxygen atoms in total. The van der Waals surface area contributed by atoms with Gasteiger partial charge in [-0.3, -0.25) is 14.4 Å². The molecule has 0 radical (unpaired) electrons. The molecule has 14 heteroatoms. The van der Waals surface area contributed by atoms with Crippen molar-refractivity contribution in [2.45, 2.75) is 90.5 Å². The van der Waals surface area contributed by atoms with Gasteiger partial charge in [0.2, 0.25) is 17.7 Å². The number of aryl methyl sites for hydroxylation is 2. The third-order valence-electron chi connectivity index (χ3n) is 7.70. The summed E-state index contributed by atoms with van der Waals surface area (Å²) in [6.45, 7) is 11.4. The second kappa shape index (κ2) is 14.1. The Morgan fingerprint density at radius 1 is 0.837 bits per heavy atom. The van der Waals surface area contributed by atoms with Crippen molar-refractivity contribution >= 4 is 23.7 Å². The van der Waals surface area contributed by atoms with Crippen LogP contribution in [0.1, 0.15) is 75.3 Å². The number of hydrogen-bond acceptors (Lipinski definition) is 11. The van der Waals surface area contributed by atoms with Gasteiger partial charge in [0.15, 0.2) is 0 Å². The zero-order valence-electron chi connectivity index (χ0n) is 25.7. The summed E-state index contributed by atoms with van der Waals surface area (Å²) in [6, 6.07) is 1.92. The number of hydrogen-bond donors (Lipinski definition) is 3. The minimum Gasteiger partial charge on any atom is -0.467 e. The van der Waals surface area contributed by atoms with E-state index in [1.165, 1.54) is 16.9 Å². The number of likely N-dealkylation sites (tertiary alicyclic amines) is 2. The number of aromatic nitrogens is 2. The lowest BCUT2D eigenvalue weighted by Crippen LogP contribution is -2.46. The van der Waals surface area contributed by atoms with Crippen molar-refractivity contribution in [3.63, 3.8) is 0 Å². The number of ether oxygens (including phenoxy) is 1. The lowest BCUT2D eigenvalue weighted by Gasteiger charge is -2.27. The highest BCUT2D eigenvalue weighted by atomic mass is 16.5. The van der Waals surface area contributed by atoms with E-state index in [9.17, 15) is 29.4 Å². The fourth-order valence-electron chi connectivity index (χ4n) is 5.63. The van der Waals surface area contributed by atoms with Crippen LogP contribution in [0.3, 0.4) is 0 Å². The van der Waals surface area contributed by atoms with Crippen LogP contribution in [0.4, 0.5) is 0 Å². The average molecular weight is 606 g/mol. The summed E-state index contributed by atoms with van der Waals surface area (Å²) in [7, 11) is 1.27. The molecule has 2 unspecified atom stereocenters. The highest BCUT2D eigenvalue weighted by Crippen LogP contribution is 2.32. The Morgan fingerprint density at radius 2 is 1.23 bits per heavy atom. The number of aliphatic hydroxyl groups excluding tert-OH is 2. The smallest absolute Gasteiger partial charge is 0.328 e. The van der Waals surface area contributed by atoms with E-state index in [1.807, 2.05) is 27.7 Å². The molecule has 2 aromatic rings. The van der Waals surface area contributed by atoms with E-state index in [4.69, 9.17) is 19.5 Å². The van der Waals surface area contributed by atoms with E-state index < -0.39 is 48.0 Å². The number of primary amides is 1. The zero-order valence-corrected chi connectivity index (χ0v) is 25.7. The van der Waals surface area contributed by atoms with Gasteiger partial charge in [-0.05, 0) is 25.7 Å². The molecule has 0 saturated carbocycles. The Labute approximate surface area is 250 Å². The van der Waals surface area contributed by atoms with Crippen molar-refractivity contribution in [1.29, 1.82) is 0 Å². The van der Waals surface area contributed by atoms with Crippen LogP contribution < -0.4 is 5.73 Å². The number of amides is 3. The molecule has 2 aliphatic rings. The van der Waals surface area contributed by atoms with E-state index >= 15 is 0 Å². The van der Waals surface area contributed by atoms with Crippen molar-refractivity contribution in [2.24, 2.45) is 17.6 Å². The average Bonchev–Trinajstić information content (AvgIpc) is 3.71. The van der Waals surface area contributed by atoms with E-state index in [1.54, 1.807) is 26.0 Å². The number of aliphatic hydroxyl groups is 2. The molecule has 3 amide bonds. The fourth-order valence-corrected chi connectivity index (χ4v) is 5.63. The number of nitrogens with zero attached hydrogens (tertiary/aromatic N) is 4. The summed E-state index contributed by atoms with van der Waals surface area (Å²) in [6.07, 6.45) is -1.08. The van der Waals surface area contributed by atoms with Gasteiger partial charge < -0.3 is 39.5 Å². The molecule has 2 saturated heterocycles. The first-order valence-corrected chi connectivity index (χ1v) is 14.4. The lowest BCUT2D eigenvalue weighted by molar-refractivity contribution is -0.152. The van der Waals surface area contributed by atoms with E-state index in [0.29, 0.717) is 22.9 Å². The van der Waals surface area contributed by atoms with Crippen molar-refractivity contribution in [2.75, 3.05) is 20.2 Å². The Bertz CT molecular complexity index is 1290. The maximum Gasteiger partial charge on any atom is 0.328 e. The van der Waals surface area contributed by atoms with Crippen molar-refractivity contribution in [3.8, 4) is 0 Å². The molecule has 2 fully saturated rings. The van der Waals surface area contributed by atoms with Gasteiger partial charge in [0.1, 0.15) is 35.4 Å². The largest absolute Gasteiger partial charge is 0.467 e. The standard InChI is InChI=1S/C15H22N2O5.C14H21N3O4/c1-8(2)13(12-5-9(3)16-22-12)14(19)17-7-10(18)6-11(17)15(20)21-4;1-7(2)12(11-4-8(3)16-21-11)14(20)17-6-9(18)5-10(17)13(15)19/h5,8,10-11,13,18H,6-7H2,1-4H3;4,7,9-10,12,18H,5-6H2,1-3H3,(H2,15,19)/t10-,11+,13?;9-,10+,12?/m11/s1.